The minimum absolute atomic E-state index is 0.279. The molecule has 0 aromatic heterocycles. The van der Waals surface area contributed by atoms with Crippen LogP contribution in [0.3, 0.4) is 0 Å². The van der Waals surface area contributed by atoms with Crippen LogP contribution in [0.2, 0.25) is 10.0 Å². The maximum absolute atomic E-state index is 10.3. The van der Waals surface area contributed by atoms with Gasteiger partial charge in [-0.1, -0.05) is 29.3 Å². The first-order valence-corrected chi connectivity index (χ1v) is 3.75. The summed E-state index contributed by atoms with van der Waals surface area (Å²) in [5, 5.41) is 11.0. The molecule has 0 fully saturated rings. The standard InChI is InChI=1S/C7H6Cl2NO/c1-4-2-3-5(8)6(9)7(4)10-11/h2-3,10H,1H3/q-1. The van der Waals surface area contributed by atoms with Crippen LogP contribution in [0.15, 0.2) is 12.1 Å². The van der Waals surface area contributed by atoms with Gasteiger partial charge in [0.1, 0.15) is 0 Å². The van der Waals surface area contributed by atoms with E-state index in [2.05, 4.69) is 0 Å². The van der Waals surface area contributed by atoms with Gasteiger partial charge in [-0.2, -0.15) is 0 Å². The van der Waals surface area contributed by atoms with E-state index < -0.39 is 0 Å². The highest BCUT2D eigenvalue weighted by molar-refractivity contribution is 6.43. The summed E-state index contributed by atoms with van der Waals surface area (Å²) in [6.45, 7) is 1.78. The number of benzene rings is 1. The van der Waals surface area contributed by atoms with Crippen LogP contribution in [0.1, 0.15) is 5.56 Å². The average Bonchev–Trinajstić information content (AvgIpc) is 1.99. The van der Waals surface area contributed by atoms with Crippen molar-refractivity contribution in [2.45, 2.75) is 6.92 Å². The predicted octanol–water partition coefficient (Wildman–Crippen LogP) is 3.21. The summed E-state index contributed by atoms with van der Waals surface area (Å²) in [6.07, 6.45) is 0. The van der Waals surface area contributed by atoms with Crippen LogP contribution in [-0.4, -0.2) is 0 Å². The topological polar surface area (TPSA) is 35.1 Å². The van der Waals surface area contributed by atoms with Gasteiger partial charge < -0.3 is 10.7 Å². The van der Waals surface area contributed by atoms with Gasteiger partial charge in [0.2, 0.25) is 0 Å². The normalized spacial score (nSPS) is 9.82. The van der Waals surface area contributed by atoms with Gasteiger partial charge in [0.05, 0.1) is 10.0 Å². The van der Waals surface area contributed by atoms with E-state index in [1.54, 1.807) is 24.5 Å². The zero-order chi connectivity index (χ0) is 8.43. The van der Waals surface area contributed by atoms with Gasteiger partial charge >= 0.3 is 0 Å². The Morgan fingerprint density at radius 3 is 2.45 bits per heavy atom. The first-order chi connectivity index (χ1) is 5.16. The predicted molar refractivity (Wildman–Crippen MR) is 48.2 cm³/mol. The van der Waals surface area contributed by atoms with Crippen LogP contribution in [0.25, 0.3) is 0 Å². The highest BCUT2D eigenvalue weighted by Gasteiger charge is 2.03. The summed E-state index contributed by atoms with van der Waals surface area (Å²) < 4.78 is 0. The highest BCUT2D eigenvalue weighted by Crippen LogP contribution is 2.32. The summed E-state index contributed by atoms with van der Waals surface area (Å²) in [4.78, 5) is 0. The molecule has 4 heteroatoms. The molecule has 60 valence electrons. The number of hydrogen-bond donors (Lipinski definition) is 1. The van der Waals surface area contributed by atoms with Gasteiger partial charge in [-0.25, -0.2) is 0 Å². The Morgan fingerprint density at radius 1 is 1.36 bits per heavy atom. The molecule has 0 heterocycles. The fraction of sp³-hybridized carbons (Fsp3) is 0.143. The van der Waals surface area contributed by atoms with Gasteiger partial charge in [-0.15, -0.1) is 0 Å². The lowest BCUT2D eigenvalue weighted by molar-refractivity contribution is 1.44. The highest BCUT2D eigenvalue weighted by atomic mass is 35.5. The van der Waals surface area contributed by atoms with Gasteiger partial charge in [0, 0.05) is 5.69 Å². The molecular formula is C7H6Cl2NO-. The van der Waals surface area contributed by atoms with Crippen molar-refractivity contribution in [1.29, 1.82) is 0 Å². The second kappa shape index (κ2) is 3.30. The lowest BCUT2D eigenvalue weighted by Crippen LogP contribution is -1.90. The van der Waals surface area contributed by atoms with Crippen LogP contribution in [0.4, 0.5) is 5.69 Å². The Morgan fingerprint density at radius 2 is 2.00 bits per heavy atom. The second-order valence-electron chi connectivity index (χ2n) is 2.16. The van der Waals surface area contributed by atoms with Gasteiger partial charge in [0.15, 0.2) is 0 Å². The molecule has 0 aliphatic rings. The quantitative estimate of drug-likeness (QED) is 0.691. The van der Waals surface area contributed by atoms with E-state index in [9.17, 15) is 5.21 Å². The van der Waals surface area contributed by atoms with E-state index in [1.165, 1.54) is 0 Å². The Hall–Kier alpha value is -0.440. The first-order valence-electron chi connectivity index (χ1n) is 2.99. The van der Waals surface area contributed by atoms with E-state index >= 15 is 0 Å². The van der Waals surface area contributed by atoms with E-state index in [0.717, 1.165) is 5.56 Å². The summed E-state index contributed by atoms with van der Waals surface area (Å²) in [5.74, 6) is 0. The largest absolute Gasteiger partial charge is 0.761 e. The lowest BCUT2D eigenvalue weighted by Gasteiger charge is -2.14. The molecule has 1 N–H and O–H groups in total. The van der Waals surface area contributed by atoms with Crippen molar-refractivity contribution in [2.24, 2.45) is 0 Å². The monoisotopic (exact) mass is 190 g/mol. The summed E-state index contributed by atoms with van der Waals surface area (Å²) >= 11 is 11.4. The zero-order valence-electron chi connectivity index (χ0n) is 5.82. The van der Waals surface area contributed by atoms with Crippen molar-refractivity contribution >= 4 is 28.9 Å². The third-order valence-electron chi connectivity index (χ3n) is 1.41. The van der Waals surface area contributed by atoms with E-state index in [1.807, 2.05) is 0 Å². The molecule has 0 amide bonds. The number of halogens is 2. The van der Waals surface area contributed by atoms with Gasteiger partial charge in [-0.05, 0) is 18.6 Å². The van der Waals surface area contributed by atoms with Crippen molar-refractivity contribution in [3.05, 3.63) is 32.9 Å². The zero-order valence-corrected chi connectivity index (χ0v) is 7.33. The number of nitrogens with one attached hydrogen (secondary N) is 1. The Labute approximate surface area is 74.7 Å². The van der Waals surface area contributed by atoms with Crippen LogP contribution in [-0.2, 0) is 0 Å². The molecule has 2 nitrogen and oxygen atoms in total. The fourth-order valence-corrected chi connectivity index (χ4v) is 1.18. The minimum atomic E-state index is 0.279. The first kappa shape index (κ1) is 8.65. The van der Waals surface area contributed by atoms with Crippen molar-refractivity contribution in [1.82, 2.24) is 0 Å². The van der Waals surface area contributed by atoms with E-state index in [4.69, 9.17) is 23.2 Å². The third-order valence-corrected chi connectivity index (χ3v) is 2.21. The van der Waals surface area contributed by atoms with Crippen LogP contribution < -0.4 is 5.48 Å². The van der Waals surface area contributed by atoms with Crippen LogP contribution >= 0.6 is 23.2 Å². The Balaban J connectivity index is 3.29. The molecule has 1 aromatic carbocycles. The molecule has 0 unspecified atom stereocenters. The molecule has 0 saturated heterocycles. The lowest BCUT2D eigenvalue weighted by atomic mass is 10.2. The molecule has 1 rings (SSSR count). The van der Waals surface area contributed by atoms with Crippen molar-refractivity contribution < 1.29 is 0 Å². The SMILES string of the molecule is Cc1ccc(Cl)c(Cl)c1N[O-]. The summed E-state index contributed by atoms with van der Waals surface area (Å²) in [7, 11) is 0. The summed E-state index contributed by atoms with van der Waals surface area (Å²) in [5.41, 5.74) is 2.87. The maximum Gasteiger partial charge on any atom is 0.0818 e. The number of anilines is 1. The molecular weight excluding hydrogens is 185 g/mol. The van der Waals surface area contributed by atoms with Crippen LogP contribution in [0, 0.1) is 12.1 Å². The van der Waals surface area contributed by atoms with Crippen molar-refractivity contribution in [2.75, 3.05) is 5.48 Å². The van der Waals surface area contributed by atoms with Crippen molar-refractivity contribution in [3.8, 4) is 0 Å². The van der Waals surface area contributed by atoms with Gasteiger partial charge in [-0.3, -0.25) is 0 Å². The van der Waals surface area contributed by atoms with Crippen LogP contribution in [0.5, 0.6) is 0 Å². The molecule has 11 heavy (non-hydrogen) atoms. The summed E-state index contributed by atoms with van der Waals surface area (Å²) in [6, 6.07) is 3.38. The third kappa shape index (κ3) is 1.59. The molecule has 0 bridgehead atoms. The molecule has 0 saturated carbocycles. The smallest absolute Gasteiger partial charge is 0.0818 e. The average molecular weight is 191 g/mol. The molecule has 0 aliphatic heterocycles. The second-order valence-corrected chi connectivity index (χ2v) is 2.94. The fourth-order valence-electron chi connectivity index (χ4n) is 0.772. The molecule has 0 radical (unpaired) electrons. The molecule has 1 aromatic rings. The number of aryl methyl sites for hydroxylation is 1. The number of rotatable bonds is 1. The molecule has 0 aliphatic carbocycles. The minimum Gasteiger partial charge on any atom is -0.761 e. The Bertz CT molecular complexity index is 275. The van der Waals surface area contributed by atoms with E-state index in [-0.39, 0.29) is 5.02 Å². The van der Waals surface area contributed by atoms with E-state index in [0.29, 0.717) is 10.7 Å². The maximum atomic E-state index is 10.3. The van der Waals surface area contributed by atoms with Gasteiger partial charge in [0.25, 0.3) is 0 Å². The Kier molecular flexibility index (Phi) is 2.60. The van der Waals surface area contributed by atoms with Crippen molar-refractivity contribution in [3.63, 3.8) is 0 Å². The number of hydrogen-bond acceptors (Lipinski definition) is 2. The molecule has 0 atom stereocenters. The molecule has 0 spiro atoms.